The Balaban J connectivity index is 2.14. The Morgan fingerprint density at radius 2 is 2.05 bits per heavy atom. The van der Waals surface area contributed by atoms with Crippen LogP contribution >= 0.6 is 0 Å². The van der Waals surface area contributed by atoms with Gasteiger partial charge in [0.15, 0.2) is 0 Å². The molecule has 0 bridgehead atoms. The third kappa shape index (κ3) is 3.52. The topological polar surface area (TPSA) is 72.3 Å². The predicted molar refractivity (Wildman–Crippen MR) is 71.5 cm³/mol. The van der Waals surface area contributed by atoms with Crippen LogP contribution in [0.2, 0.25) is 0 Å². The molecular formula is C14H20FN3O. The van der Waals surface area contributed by atoms with Crippen LogP contribution in [0.15, 0.2) is 18.2 Å². The van der Waals surface area contributed by atoms with Crippen molar-refractivity contribution in [3.8, 4) is 0 Å². The fourth-order valence-corrected chi connectivity index (χ4v) is 2.66. The van der Waals surface area contributed by atoms with Gasteiger partial charge in [-0.05, 0) is 42.6 Å². The van der Waals surface area contributed by atoms with Gasteiger partial charge in [0.1, 0.15) is 5.82 Å². The number of piperidine rings is 1. The maximum absolute atomic E-state index is 13.5. The molecule has 104 valence electrons. The van der Waals surface area contributed by atoms with Gasteiger partial charge in [-0.15, -0.1) is 0 Å². The van der Waals surface area contributed by atoms with Gasteiger partial charge in [-0.1, -0.05) is 12.5 Å². The van der Waals surface area contributed by atoms with Gasteiger partial charge in [0.25, 0.3) is 0 Å². The number of halogens is 1. The van der Waals surface area contributed by atoms with E-state index in [1.54, 1.807) is 0 Å². The second-order valence-corrected chi connectivity index (χ2v) is 5.06. The van der Waals surface area contributed by atoms with Crippen molar-refractivity contribution in [3.05, 3.63) is 35.1 Å². The van der Waals surface area contributed by atoms with E-state index in [-0.39, 0.29) is 17.8 Å². The summed E-state index contributed by atoms with van der Waals surface area (Å²) in [7, 11) is 0. The predicted octanol–water partition coefficient (Wildman–Crippen LogP) is 1.12. The molecule has 0 aliphatic carbocycles. The van der Waals surface area contributed by atoms with Crippen LogP contribution in [-0.4, -0.2) is 23.4 Å². The minimum atomic E-state index is -0.296. The molecule has 1 atom stereocenters. The Hall–Kier alpha value is -1.46. The first-order chi connectivity index (χ1) is 9.10. The Labute approximate surface area is 112 Å². The largest absolute Gasteiger partial charge is 0.368 e. The van der Waals surface area contributed by atoms with E-state index in [0.717, 1.165) is 36.9 Å². The number of benzene rings is 1. The van der Waals surface area contributed by atoms with Crippen LogP contribution in [0, 0.1) is 5.82 Å². The molecule has 0 aromatic heterocycles. The lowest BCUT2D eigenvalue weighted by Crippen LogP contribution is -2.47. The highest BCUT2D eigenvalue weighted by atomic mass is 19.1. The van der Waals surface area contributed by atoms with Crippen LogP contribution in [0.5, 0.6) is 0 Å². The van der Waals surface area contributed by atoms with Gasteiger partial charge in [-0.2, -0.15) is 0 Å². The quantitative estimate of drug-likeness (QED) is 0.857. The van der Waals surface area contributed by atoms with E-state index >= 15 is 0 Å². The van der Waals surface area contributed by atoms with Crippen molar-refractivity contribution in [3.63, 3.8) is 0 Å². The molecule has 19 heavy (non-hydrogen) atoms. The summed E-state index contributed by atoms with van der Waals surface area (Å²) in [4.78, 5) is 13.5. The fourth-order valence-electron chi connectivity index (χ4n) is 2.66. The number of nitrogens with two attached hydrogens (primary N) is 2. The summed E-state index contributed by atoms with van der Waals surface area (Å²) in [6.07, 6.45) is 2.85. The van der Waals surface area contributed by atoms with Gasteiger partial charge in [0.05, 0.1) is 6.04 Å². The van der Waals surface area contributed by atoms with Crippen molar-refractivity contribution in [2.24, 2.45) is 11.5 Å². The number of amides is 1. The number of carbonyl (C=O) groups is 1. The third-order valence-corrected chi connectivity index (χ3v) is 3.58. The van der Waals surface area contributed by atoms with E-state index in [4.69, 9.17) is 11.5 Å². The van der Waals surface area contributed by atoms with E-state index in [0.29, 0.717) is 13.1 Å². The number of likely N-dealkylation sites (tertiary alicyclic amines) is 1. The van der Waals surface area contributed by atoms with E-state index in [2.05, 4.69) is 0 Å². The molecular weight excluding hydrogens is 245 g/mol. The molecule has 1 unspecified atom stereocenters. The zero-order chi connectivity index (χ0) is 13.8. The smallest absolute Gasteiger partial charge is 0.234 e. The summed E-state index contributed by atoms with van der Waals surface area (Å²) in [5, 5.41) is 0. The van der Waals surface area contributed by atoms with Gasteiger partial charge in [0.2, 0.25) is 5.91 Å². The summed E-state index contributed by atoms with van der Waals surface area (Å²) in [5.74, 6) is -0.583. The molecule has 1 amide bonds. The van der Waals surface area contributed by atoms with Crippen LogP contribution in [0.4, 0.5) is 4.39 Å². The van der Waals surface area contributed by atoms with Gasteiger partial charge in [-0.25, -0.2) is 4.39 Å². The van der Waals surface area contributed by atoms with Gasteiger partial charge < -0.3 is 11.5 Å². The number of primary amides is 1. The normalized spacial score (nSPS) is 20.4. The maximum Gasteiger partial charge on any atom is 0.234 e. The van der Waals surface area contributed by atoms with Crippen molar-refractivity contribution in [1.29, 1.82) is 0 Å². The summed E-state index contributed by atoms with van der Waals surface area (Å²) in [6, 6.07) is 4.57. The highest BCUT2D eigenvalue weighted by Crippen LogP contribution is 2.20. The Bertz CT molecular complexity index is 464. The number of hydrogen-bond acceptors (Lipinski definition) is 3. The number of hydrogen-bond donors (Lipinski definition) is 2. The molecule has 0 spiro atoms. The molecule has 0 radical (unpaired) electrons. The Morgan fingerprint density at radius 1 is 1.32 bits per heavy atom. The molecule has 1 aliphatic heterocycles. The Morgan fingerprint density at radius 3 is 2.74 bits per heavy atom. The Kier molecular flexibility index (Phi) is 4.50. The zero-order valence-electron chi connectivity index (χ0n) is 10.9. The summed E-state index contributed by atoms with van der Waals surface area (Å²) in [6.45, 7) is 1.67. The molecule has 2 rings (SSSR count). The average Bonchev–Trinajstić information content (AvgIpc) is 2.38. The first kappa shape index (κ1) is 14.0. The van der Waals surface area contributed by atoms with Gasteiger partial charge in [0, 0.05) is 13.1 Å². The minimum absolute atomic E-state index is 0.238. The lowest BCUT2D eigenvalue weighted by atomic mass is 10.00. The first-order valence-corrected chi connectivity index (χ1v) is 6.62. The van der Waals surface area contributed by atoms with Gasteiger partial charge >= 0.3 is 0 Å². The summed E-state index contributed by atoms with van der Waals surface area (Å²) < 4.78 is 13.5. The lowest BCUT2D eigenvalue weighted by Gasteiger charge is -2.33. The SMILES string of the molecule is NCc1cc(F)cc(CN2CCCCC2C(N)=O)c1. The van der Waals surface area contributed by atoms with E-state index in [9.17, 15) is 9.18 Å². The van der Waals surface area contributed by atoms with E-state index < -0.39 is 0 Å². The van der Waals surface area contributed by atoms with E-state index in [1.165, 1.54) is 12.1 Å². The van der Waals surface area contributed by atoms with Crippen molar-refractivity contribution in [2.45, 2.75) is 38.4 Å². The van der Waals surface area contributed by atoms with Crippen molar-refractivity contribution in [2.75, 3.05) is 6.54 Å². The van der Waals surface area contributed by atoms with Crippen LogP contribution < -0.4 is 11.5 Å². The van der Waals surface area contributed by atoms with Crippen LogP contribution in [0.25, 0.3) is 0 Å². The molecule has 1 saturated heterocycles. The van der Waals surface area contributed by atoms with Crippen molar-refractivity contribution in [1.82, 2.24) is 4.90 Å². The lowest BCUT2D eigenvalue weighted by molar-refractivity contribution is -0.124. The molecule has 4 N–H and O–H groups in total. The second kappa shape index (κ2) is 6.12. The zero-order valence-corrected chi connectivity index (χ0v) is 10.9. The van der Waals surface area contributed by atoms with Crippen LogP contribution in [-0.2, 0) is 17.9 Å². The molecule has 1 fully saturated rings. The molecule has 0 saturated carbocycles. The fraction of sp³-hybridized carbons (Fsp3) is 0.500. The molecule has 1 aliphatic rings. The molecule has 1 aromatic rings. The summed E-state index contributed by atoms with van der Waals surface area (Å²) in [5.41, 5.74) is 12.6. The first-order valence-electron chi connectivity index (χ1n) is 6.62. The number of carbonyl (C=O) groups excluding carboxylic acids is 1. The number of nitrogens with zero attached hydrogens (tertiary/aromatic N) is 1. The number of rotatable bonds is 4. The van der Waals surface area contributed by atoms with Crippen molar-refractivity contribution >= 4 is 5.91 Å². The monoisotopic (exact) mass is 265 g/mol. The highest BCUT2D eigenvalue weighted by Gasteiger charge is 2.26. The maximum atomic E-state index is 13.5. The third-order valence-electron chi connectivity index (χ3n) is 3.58. The van der Waals surface area contributed by atoms with E-state index in [1.807, 2.05) is 11.0 Å². The highest BCUT2D eigenvalue weighted by molar-refractivity contribution is 5.79. The minimum Gasteiger partial charge on any atom is -0.368 e. The molecule has 1 heterocycles. The average molecular weight is 265 g/mol. The summed E-state index contributed by atoms with van der Waals surface area (Å²) >= 11 is 0. The molecule has 4 nitrogen and oxygen atoms in total. The van der Waals surface area contributed by atoms with Crippen LogP contribution in [0.3, 0.4) is 0 Å². The standard InChI is InChI=1S/C14H20FN3O/c15-12-6-10(8-16)5-11(7-12)9-18-4-2-1-3-13(18)14(17)19/h5-7,13H,1-4,8-9,16H2,(H2,17,19). The van der Waals surface area contributed by atoms with Crippen molar-refractivity contribution < 1.29 is 9.18 Å². The second-order valence-electron chi connectivity index (χ2n) is 5.06. The van der Waals surface area contributed by atoms with Gasteiger partial charge in [-0.3, -0.25) is 9.69 Å². The molecule has 5 heteroatoms. The van der Waals surface area contributed by atoms with Crippen LogP contribution in [0.1, 0.15) is 30.4 Å². The molecule has 1 aromatic carbocycles.